The van der Waals surface area contributed by atoms with Crippen molar-refractivity contribution in [3.8, 4) is 0 Å². The van der Waals surface area contributed by atoms with E-state index < -0.39 is 11.2 Å². The summed E-state index contributed by atoms with van der Waals surface area (Å²) in [5.74, 6) is 0.483. The quantitative estimate of drug-likeness (QED) is 0.613. The molecule has 0 fully saturated rings. The molecule has 1 aliphatic carbocycles. The van der Waals surface area contributed by atoms with Crippen LogP contribution in [0.5, 0.6) is 0 Å². The molecule has 145 valence electrons. The van der Waals surface area contributed by atoms with Gasteiger partial charge in [0.15, 0.2) is 0 Å². The number of halogens is 1. The summed E-state index contributed by atoms with van der Waals surface area (Å²) < 4.78 is 12.3. The Morgan fingerprint density at radius 1 is 1.21 bits per heavy atom. The van der Waals surface area contributed by atoms with Crippen molar-refractivity contribution in [1.29, 1.82) is 0 Å². The molecule has 0 spiro atoms. The molecule has 0 bridgehead atoms. The minimum Gasteiger partial charge on any atom is -0.456 e. The van der Waals surface area contributed by atoms with Crippen LogP contribution < -0.4 is 5.46 Å². The molecule has 0 saturated heterocycles. The molecule has 0 saturated carbocycles. The highest BCUT2D eigenvalue weighted by atomic mass is 35.5. The van der Waals surface area contributed by atoms with Gasteiger partial charge in [0.1, 0.15) is 11.2 Å². The predicted octanol–water partition coefficient (Wildman–Crippen LogP) is 5.26. The first-order valence-corrected chi connectivity index (χ1v) is 10.0. The first kappa shape index (κ1) is 19.6. The van der Waals surface area contributed by atoms with E-state index in [4.69, 9.17) is 20.7 Å². The van der Waals surface area contributed by atoms with Gasteiger partial charge in [0, 0.05) is 27.4 Å². The number of hydrogen-bond donors (Lipinski definition) is 1. The molecule has 4 rings (SSSR count). The van der Waals surface area contributed by atoms with Crippen LogP contribution in [0.2, 0.25) is 5.02 Å². The second kappa shape index (κ2) is 6.65. The maximum Gasteiger partial charge on any atom is 0.331 e. The SMILES string of the molecule is CC1C=Cc2ccc3c(oc4cc(Cl)cc([B]OC(C)(C)C(C)(C)O)c43)c2C1. The molecule has 3 nitrogen and oxygen atoms in total. The molecule has 1 atom stereocenters. The highest BCUT2D eigenvalue weighted by Crippen LogP contribution is 2.36. The van der Waals surface area contributed by atoms with E-state index in [2.05, 4.69) is 31.2 Å². The van der Waals surface area contributed by atoms with Crippen LogP contribution in [0.25, 0.3) is 28.0 Å². The highest BCUT2D eigenvalue weighted by Gasteiger charge is 2.36. The van der Waals surface area contributed by atoms with Gasteiger partial charge in [0.05, 0.1) is 11.2 Å². The van der Waals surface area contributed by atoms with Gasteiger partial charge in [-0.05, 0) is 63.2 Å². The van der Waals surface area contributed by atoms with E-state index in [0.29, 0.717) is 10.9 Å². The Labute approximate surface area is 171 Å². The van der Waals surface area contributed by atoms with Crippen LogP contribution in [0.1, 0.15) is 45.7 Å². The van der Waals surface area contributed by atoms with E-state index in [1.54, 1.807) is 21.3 Å². The topological polar surface area (TPSA) is 42.6 Å². The third-order valence-electron chi connectivity index (χ3n) is 5.96. The normalized spacial score (nSPS) is 17.3. The Kier molecular flexibility index (Phi) is 4.65. The van der Waals surface area contributed by atoms with Crippen molar-refractivity contribution in [1.82, 2.24) is 0 Å². The van der Waals surface area contributed by atoms with Crippen LogP contribution in [0.4, 0.5) is 0 Å². The fraction of sp³-hybridized carbons (Fsp3) is 0.391. The molecule has 1 aromatic heterocycles. The zero-order valence-electron chi connectivity index (χ0n) is 17.0. The van der Waals surface area contributed by atoms with Crippen LogP contribution in [-0.2, 0) is 11.1 Å². The van der Waals surface area contributed by atoms with Crippen LogP contribution in [0.3, 0.4) is 0 Å². The van der Waals surface area contributed by atoms with Crippen molar-refractivity contribution < 1.29 is 14.2 Å². The summed E-state index contributed by atoms with van der Waals surface area (Å²) in [4.78, 5) is 0. The Morgan fingerprint density at radius 2 is 1.96 bits per heavy atom. The number of aliphatic hydroxyl groups is 1. The standard InChI is InChI=1S/C23H25BClO3/c1-13-6-7-14-8-9-16-20-18(24-28-23(4,5)22(2,3)26)11-15(25)12-19(20)27-21(16)17(14)10-13/h6-9,11-13,26H,10H2,1-5H3. The van der Waals surface area contributed by atoms with E-state index in [0.717, 1.165) is 33.8 Å². The number of furan rings is 1. The minimum atomic E-state index is -0.999. The van der Waals surface area contributed by atoms with Gasteiger partial charge in [-0.1, -0.05) is 36.7 Å². The van der Waals surface area contributed by atoms with Gasteiger partial charge in [-0.15, -0.1) is 0 Å². The van der Waals surface area contributed by atoms with Crippen LogP contribution in [-0.4, -0.2) is 23.8 Å². The van der Waals surface area contributed by atoms with Gasteiger partial charge >= 0.3 is 7.48 Å². The predicted molar refractivity (Wildman–Crippen MR) is 117 cm³/mol. The molecule has 1 heterocycles. The monoisotopic (exact) mass is 395 g/mol. The van der Waals surface area contributed by atoms with Gasteiger partial charge in [-0.25, -0.2) is 0 Å². The van der Waals surface area contributed by atoms with Gasteiger partial charge in [-0.2, -0.15) is 0 Å². The number of fused-ring (bicyclic) bond motifs is 5. The number of rotatable bonds is 4. The molecule has 0 amide bonds. The van der Waals surface area contributed by atoms with Crippen molar-refractivity contribution in [2.24, 2.45) is 5.92 Å². The van der Waals surface area contributed by atoms with Gasteiger partial charge in [-0.3, -0.25) is 0 Å². The molecule has 28 heavy (non-hydrogen) atoms. The fourth-order valence-corrected chi connectivity index (χ4v) is 3.73. The summed E-state index contributed by atoms with van der Waals surface area (Å²) in [5.41, 5.74) is 3.19. The maximum absolute atomic E-state index is 10.4. The van der Waals surface area contributed by atoms with E-state index >= 15 is 0 Å². The largest absolute Gasteiger partial charge is 0.456 e. The number of hydrogen-bond acceptors (Lipinski definition) is 3. The molecule has 5 heteroatoms. The first-order chi connectivity index (χ1) is 13.1. The Hall–Kier alpha value is -1.75. The second-order valence-electron chi connectivity index (χ2n) is 8.83. The van der Waals surface area contributed by atoms with Gasteiger partial charge in [0.25, 0.3) is 0 Å². The van der Waals surface area contributed by atoms with Crippen molar-refractivity contribution in [3.05, 3.63) is 46.5 Å². The van der Waals surface area contributed by atoms with E-state index in [1.165, 1.54) is 11.1 Å². The second-order valence-corrected chi connectivity index (χ2v) is 9.26. The third-order valence-corrected chi connectivity index (χ3v) is 6.18. The molecule has 1 unspecified atom stereocenters. The molecule has 0 aliphatic heterocycles. The van der Waals surface area contributed by atoms with Crippen molar-refractivity contribution in [3.63, 3.8) is 0 Å². The maximum atomic E-state index is 10.4. The summed E-state index contributed by atoms with van der Waals surface area (Å²) >= 11 is 6.36. The highest BCUT2D eigenvalue weighted by molar-refractivity contribution is 6.53. The fourth-order valence-electron chi connectivity index (χ4n) is 3.51. The van der Waals surface area contributed by atoms with Crippen molar-refractivity contribution in [2.45, 2.75) is 52.2 Å². The lowest BCUT2D eigenvalue weighted by Crippen LogP contribution is -2.49. The zero-order valence-corrected chi connectivity index (χ0v) is 17.7. The molecule has 1 N–H and O–H groups in total. The lowest BCUT2D eigenvalue weighted by atomic mass is 9.80. The summed E-state index contributed by atoms with van der Waals surface area (Å²) in [7, 11) is 1.68. The Morgan fingerprint density at radius 3 is 2.68 bits per heavy atom. The lowest BCUT2D eigenvalue weighted by molar-refractivity contribution is -0.0893. The van der Waals surface area contributed by atoms with Crippen LogP contribution in [0, 0.1) is 5.92 Å². The van der Waals surface area contributed by atoms with Crippen LogP contribution >= 0.6 is 11.6 Å². The summed E-state index contributed by atoms with van der Waals surface area (Å²) in [6.07, 6.45) is 5.36. The summed E-state index contributed by atoms with van der Waals surface area (Å²) in [6.45, 7) is 9.42. The smallest absolute Gasteiger partial charge is 0.331 e. The minimum absolute atomic E-state index is 0.483. The summed E-state index contributed by atoms with van der Waals surface area (Å²) in [6, 6.07) is 7.98. The number of allylic oxidation sites excluding steroid dienone is 1. The first-order valence-electron chi connectivity index (χ1n) is 9.66. The van der Waals surface area contributed by atoms with Crippen molar-refractivity contribution >= 4 is 52.6 Å². The molecule has 1 aliphatic rings. The van der Waals surface area contributed by atoms with E-state index in [1.807, 2.05) is 26.0 Å². The molecule has 2 aromatic carbocycles. The van der Waals surface area contributed by atoms with Crippen molar-refractivity contribution in [2.75, 3.05) is 0 Å². The Bertz CT molecular complexity index is 1090. The lowest BCUT2D eigenvalue weighted by Gasteiger charge is -2.37. The summed E-state index contributed by atoms with van der Waals surface area (Å²) in [5, 5.41) is 13.0. The van der Waals surface area contributed by atoms with Crippen LogP contribution in [0.15, 0.2) is 34.8 Å². The van der Waals surface area contributed by atoms with E-state index in [9.17, 15) is 5.11 Å². The average molecular weight is 396 g/mol. The average Bonchev–Trinajstić information content (AvgIpc) is 2.97. The molecule has 1 radical (unpaired) electrons. The molecular formula is C23H25BClO3. The molecule has 3 aromatic rings. The Balaban J connectivity index is 1.85. The zero-order chi connectivity index (χ0) is 20.3. The third kappa shape index (κ3) is 3.28. The molecular weight excluding hydrogens is 371 g/mol. The number of benzene rings is 2. The van der Waals surface area contributed by atoms with Gasteiger partial charge in [0.2, 0.25) is 0 Å². The van der Waals surface area contributed by atoms with E-state index in [-0.39, 0.29) is 0 Å². The van der Waals surface area contributed by atoms with Gasteiger partial charge < -0.3 is 14.2 Å².